The first-order chi connectivity index (χ1) is 7.65. The number of nitrogens with one attached hydrogen (secondary N) is 1. The minimum atomic E-state index is -0.492. The van der Waals surface area contributed by atoms with Gasteiger partial charge in [0, 0.05) is 16.1 Å². The Morgan fingerprint density at radius 2 is 2.38 bits per heavy atom. The lowest BCUT2D eigenvalue weighted by atomic mass is 10.0. The van der Waals surface area contributed by atoms with Crippen LogP contribution in [0.15, 0.2) is 10.5 Å². The highest BCUT2D eigenvalue weighted by atomic mass is 79.9. The lowest BCUT2D eigenvalue weighted by Gasteiger charge is -2.16. The van der Waals surface area contributed by atoms with Gasteiger partial charge in [-0.2, -0.15) is 0 Å². The summed E-state index contributed by atoms with van der Waals surface area (Å²) in [7, 11) is 1.35. The highest BCUT2D eigenvalue weighted by Gasteiger charge is 2.26. The first kappa shape index (κ1) is 11.7. The van der Waals surface area contributed by atoms with E-state index >= 15 is 0 Å². The number of benzene rings is 1. The maximum absolute atomic E-state index is 14.1. The van der Waals surface area contributed by atoms with E-state index < -0.39 is 5.82 Å². The van der Waals surface area contributed by atoms with Crippen molar-refractivity contribution in [1.82, 2.24) is 5.32 Å². The average molecular weight is 290 g/mol. The third-order valence-electron chi connectivity index (χ3n) is 2.80. The van der Waals surface area contributed by atoms with Crippen molar-refractivity contribution >= 4 is 15.9 Å². The SMILES string of the molecule is COc1c(O)cc(Br)c(C2CCCN2)c1F. The molecule has 1 aromatic rings. The van der Waals surface area contributed by atoms with Crippen LogP contribution in [0.5, 0.6) is 11.5 Å². The lowest BCUT2D eigenvalue weighted by Crippen LogP contribution is -2.15. The molecule has 0 aromatic heterocycles. The van der Waals surface area contributed by atoms with Crippen LogP contribution in [-0.2, 0) is 0 Å². The van der Waals surface area contributed by atoms with Gasteiger partial charge in [-0.1, -0.05) is 15.9 Å². The Balaban J connectivity index is 2.50. The Bertz CT molecular complexity index is 405. The molecule has 0 amide bonds. The van der Waals surface area contributed by atoms with Crippen LogP contribution in [0.2, 0.25) is 0 Å². The predicted octanol–water partition coefficient (Wildman–Crippen LogP) is 2.73. The van der Waals surface area contributed by atoms with Gasteiger partial charge in [0.15, 0.2) is 17.3 Å². The van der Waals surface area contributed by atoms with Gasteiger partial charge >= 0.3 is 0 Å². The third kappa shape index (κ3) is 1.89. The van der Waals surface area contributed by atoms with E-state index in [1.165, 1.54) is 13.2 Å². The second-order valence-electron chi connectivity index (χ2n) is 3.79. The summed E-state index contributed by atoms with van der Waals surface area (Å²) < 4.78 is 19.5. The van der Waals surface area contributed by atoms with E-state index in [4.69, 9.17) is 4.74 Å². The molecule has 88 valence electrons. The largest absolute Gasteiger partial charge is 0.504 e. The summed E-state index contributed by atoms with van der Waals surface area (Å²) in [6.45, 7) is 0.889. The molecule has 1 aliphatic rings. The molecule has 0 spiro atoms. The molecule has 1 aromatic carbocycles. The molecule has 5 heteroatoms. The Labute approximate surface area is 102 Å². The standard InChI is InChI=1S/C11H13BrFNO2/c1-16-11-8(15)5-6(12)9(10(11)13)7-3-2-4-14-7/h5,7,14-15H,2-4H2,1H3. The maximum Gasteiger partial charge on any atom is 0.196 e. The molecule has 0 aliphatic carbocycles. The number of hydrogen-bond donors (Lipinski definition) is 2. The number of phenols is 1. The van der Waals surface area contributed by atoms with Crippen LogP contribution in [-0.4, -0.2) is 18.8 Å². The van der Waals surface area contributed by atoms with Gasteiger partial charge in [-0.05, 0) is 25.5 Å². The monoisotopic (exact) mass is 289 g/mol. The Morgan fingerprint density at radius 3 is 2.94 bits per heavy atom. The molecule has 16 heavy (non-hydrogen) atoms. The van der Waals surface area contributed by atoms with E-state index in [9.17, 15) is 9.50 Å². The molecule has 0 radical (unpaired) electrons. The van der Waals surface area contributed by atoms with Gasteiger partial charge in [0.25, 0.3) is 0 Å². The number of phenolic OH excluding ortho intramolecular Hbond substituents is 1. The highest BCUT2D eigenvalue weighted by Crippen LogP contribution is 2.40. The Hall–Kier alpha value is -0.810. The predicted molar refractivity (Wildman–Crippen MR) is 62.3 cm³/mol. The molecule has 1 heterocycles. The molecule has 1 unspecified atom stereocenters. The zero-order valence-electron chi connectivity index (χ0n) is 8.89. The molecular weight excluding hydrogens is 277 g/mol. The zero-order chi connectivity index (χ0) is 11.7. The molecule has 0 bridgehead atoms. The van der Waals surface area contributed by atoms with Crippen molar-refractivity contribution in [1.29, 1.82) is 0 Å². The molecule has 1 atom stereocenters. The van der Waals surface area contributed by atoms with Gasteiger partial charge in [0.05, 0.1) is 7.11 Å². The van der Waals surface area contributed by atoms with Gasteiger partial charge in [0.2, 0.25) is 0 Å². The summed E-state index contributed by atoms with van der Waals surface area (Å²) in [6, 6.07) is 1.46. The first-order valence-electron chi connectivity index (χ1n) is 5.13. The zero-order valence-corrected chi connectivity index (χ0v) is 10.5. The topological polar surface area (TPSA) is 41.5 Å². The summed E-state index contributed by atoms with van der Waals surface area (Å²) in [6.07, 6.45) is 1.92. The number of aromatic hydroxyl groups is 1. The lowest BCUT2D eigenvalue weighted by molar-refractivity contribution is 0.346. The van der Waals surface area contributed by atoms with Crippen molar-refractivity contribution in [3.05, 3.63) is 21.9 Å². The molecule has 3 nitrogen and oxygen atoms in total. The van der Waals surface area contributed by atoms with Crippen LogP contribution in [0, 0.1) is 5.82 Å². The average Bonchev–Trinajstić information content (AvgIpc) is 2.70. The Morgan fingerprint density at radius 1 is 1.62 bits per heavy atom. The Kier molecular flexibility index (Phi) is 3.35. The number of halogens is 2. The van der Waals surface area contributed by atoms with Crippen molar-refractivity contribution in [2.45, 2.75) is 18.9 Å². The fraction of sp³-hybridized carbons (Fsp3) is 0.455. The van der Waals surface area contributed by atoms with Crippen LogP contribution < -0.4 is 10.1 Å². The summed E-state index contributed by atoms with van der Waals surface area (Å²) >= 11 is 3.28. The van der Waals surface area contributed by atoms with Crippen molar-refractivity contribution in [2.75, 3.05) is 13.7 Å². The van der Waals surface area contributed by atoms with E-state index in [0.717, 1.165) is 19.4 Å². The number of ether oxygens (including phenoxy) is 1. The van der Waals surface area contributed by atoms with Crippen LogP contribution in [0.3, 0.4) is 0 Å². The molecule has 0 saturated carbocycles. The second kappa shape index (κ2) is 4.59. The summed E-state index contributed by atoms with van der Waals surface area (Å²) in [4.78, 5) is 0. The molecular formula is C11H13BrFNO2. The number of hydrogen-bond acceptors (Lipinski definition) is 3. The minimum Gasteiger partial charge on any atom is -0.504 e. The number of methoxy groups -OCH3 is 1. The van der Waals surface area contributed by atoms with Gasteiger partial charge in [-0.15, -0.1) is 0 Å². The second-order valence-corrected chi connectivity index (χ2v) is 4.64. The van der Waals surface area contributed by atoms with Crippen LogP contribution in [0.25, 0.3) is 0 Å². The van der Waals surface area contributed by atoms with Crippen molar-refractivity contribution < 1.29 is 14.2 Å². The van der Waals surface area contributed by atoms with Crippen LogP contribution in [0.4, 0.5) is 4.39 Å². The van der Waals surface area contributed by atoms with Gasteiger partial charge in [-0.3, -0.25) is 0 Å². The van der Waals surface area contributed by atoms with E-state index in [0.29, 0.717) is 10.0 Å². The van der Waals surface area contributed by atoms with E-state index in [-0.39, 0.29) is 17.5 Å². The molecule has 1 fully saturated rings. The molecule has 1 saturated heterocycles. The van der Waals surface area contributed by atoms with Crippen LogP contribution in [0.1, 0.15) is 24.4 Å². The first-order valence-corrected chi connectivity index (χ1v) is 5.92. The van der Waals surface area contributed by atoms with Crippen LogP contribution >= 0.6 is 15.9 Å². The number of rotatable bonds is 2. The maximum atomic E-state index is 14.1. The van der Waals surface area contributed by atoms with Crippen molar-refractivity contribution in [2.24, 2.45) is 0 Å². The molecule has 1 aliphatic heterocycles. The minimum absolute atomic E-state index is 0.0103. The third-order valence-corrected chi connectivity index (χ3v) is 3.46. The van der Waals surface area contributed by atoms with Crippen molar-refractivity contribution in [3.63, 3.8) is 0 Å². The van der Waals surface area contributed by atoms with Gasteiger partial charge < -0.3 is 15.2 Å². The van der Waals surface area contributed by atoms with Gasteiger partial charge in [0.1, 0.15) is 0 Å². The summed E-state index contributed by atoms with van der Waals surface area (Å²) in [5.41, 5.74) is 0.534. The smallest absolute Gasteiger partial charge is 0.196 e. The molecule has 2 N–H and O–H groups in total. The normalized spacial score (nSPS) is 20.1. The fourth-order valence-corrected chi connectivity index (χ4v) is 2.71. The summed E-state index contributed by atoms with van der Waals surface area (Å²) in [5, 5.41) is 12.7. The van der Waals surface area contributed by atoms with E-state index in [2.05, 4.69) is 21.2 Å². The highest BCUT2D eigenvalue weighted by molar-refractivity contribution is 9.10. The quantitative estimate of drug-likeness (QED) is 0.880. The van der Waals surface area contributed by atoms with Gasteiger partial charge in [-0.25, -0.2) is 4.39 Å². The van der Waals surface area contributed by atoms with E-state index in [1.54, 1.807) is 0 Å². The van der Waals surface area contributed by atoms with Crippen molar-refractivity contribution in [3.8, 4) is 11.5 Å². The van der Waals surface area contributed by atoms with E-state index in [1.807, 2.05) is 0 Å². The summed E-state index contributed by atoms with van der Waals surface area (Å²) in [5.74, 6) is -0.769. The molecule has 2 rings (SSSR count). The fourth-order valence-electron chi connectivity index (χ4n) is 2.05.